The summed E-state index contributed by atoms with van der Waals surface area (Å²) in [6, 6.07) is 6.51. The van der Waals surface area contributed by atoms with Gasteiger partial charge in [-0.05, 0) is 24.2 Å². The molecule has 1 saturated carbocycles. The molecule has 0 bridgehead atoms. The van der Waals surface area contributed by atoms with Gasteiger partial charge in [0, 0.05) is 23.4 Å². The van der Waals surface area contributed by atoms with Crippen LogP contribution in [0.25, 0.3) is 0 Å². The third kappa shape index (κ3) is 4.46. The molecule has 1 aliphatic rings. The van der Waals surface area contributed by atoms with E-state index in [0.29, 0.717) is 10.8 Å². The first kappa shape index (κ1) is 15.8. The molecule has 1 fully saturated rings. The molecule has 0 saturated heterocycles. The Balaban J connectivity index is 1.92. The molecule has 5 nitrogen and oxygen atoms in total. The van der Waals surface area contributed by atoms with E-state index in [1.165, 1.54) is 12.1 Å². The van der Waals surface area contributed by atoms with Gasteiger partial charge in [-0.2, -0.15) is 11.8 Å². The second kappa shape index (κ2) is 7.45. The molecule has 0 aromatic heterocycles. The van der Waals surface area contributed by atoms with Crippen molar-refractivity contribution in [1.82, 2.24) is 5.32 Å². The molecule has 1 aliphatic carbocycles. The highest BCUT2D eigenvalue weighted by atomic mass is 32.2. The van der Waals surface area contributed by atoms with Crippen LogP contribution in [0.4, 0.5) is 5.69 Å². The Bertz CT molecular complexity index is 521. The number of nitrogens with zero attached hydrogens (tertiary/aromatic N) is 1. The Kier molecular flexibility index (Phi) is 5.61. The van der Waals surface area contributed by atoms with Gasteiger partial charge < -0.3 is 5.32 Å². The third-order valence-corrected chi connectivity index (χ3v) is 4.99. The lowest BCUT2D eigenvalue weighted by atomic mass is 10.1. The van der Waals surface area contributed by atoms with Crippen molar-refractivity contribution in [3.05, 3.63) is 39.9 Å². The Morgan fingerprint density at radius 2 is 2.29 bits per heavy atom. The van der Waals surface area contributed by atoms with Crippen molar-refractivity contribution in [3.8, 4) is 0 Å². The van der Waals surface area contributed by atoms with Crippen molar-refractivity contribution in [3.63, 3.8) is 0 Å². The molecule has 1 amide bonds. The summed E-state index contributed by atoms with van der Waals surface area (Å²) in [5, 5.41) is 14.3. The molecule has 21 heavy (non-hydrogen) atoms. The predicted molar refractivity (Wildman–Crippen MR) is 84.5 cm³/mol. The number of carbonyl (C=O) groups is 1. The van der Waals surface area contributed by atoms with Gasteiger partial charge in [0.1, 0.15) is 0 Å². The lowest BCUT2D eigenvalue weighted by molar-refractivity contribution is -0.384. The maximum atomic E-state index is 12.1. The number of nitrogens with one attached hydrogen (secondary N) is 1. The maximum absolute atomic E-state index is 12.1. The van der Waals surface area contributed by atoms with E-state index in [-0.39, 0.29) is 24.1 Å². The van der Waals surface area contributed by atoms with Crippen molar-refractivity contribution < 1.29 is 9.72 Å². The molecule has 0 radical (unpaired) electrons. The summed E-state index contributed by atoms with van der Waals surface area (Å²) in [5.41, 5.74) is 0.708. The van der Waals surface area contributed by atoms with Crippen LogP contribution in [0.2, 0.25) is 0 Å². The molecule has 0 spiro atoms. The van der Waals surface area contributed by atoms with Crippen LogP contribution >= 0.6 is 11.8 Å². The van der Waals surface area contributed by atoms with E-state index in [9.17, 15) is 14.9 Å². The van der Waals surface area contributed by atoms with Gasteiger partial charge in [-0.1, -0.05) is 25.5 Å². The summed E-state index contributed by atoms with van der Waals surface area (Å²) < 4.78 is 0. The Labute approximate surface area is 128 Å². The smallest absolute Gasteiger partial charge is 0.269 e. The van der Waals surface area contributed by atoms with E-state index >= 15 is 0 Å². The number of rotatable bonds is 6. The van der Waals surface area contributed by atoms with E-state index in [0.717, 1.165) is 25.0 Å². The summed E-state index contributed by atoms with van der Waals surface area (Å²) in [6.45, 7) is 2.13. The van der Waals surface area contributed by atoms with E-state index in [2.05, 4.69) is 12.2 Å². The normalized spacial score (nSPS) is 21.2. The van der Waals surface area contributed by atoms with Crippen LogP contribution in [0.15, 0.2) is 24.3 Å². The van der Waals surface area contributed by atoms with Gasteiger partial charge in [0.15, 0.2) is 0 Å². The summed E-state index contributed by atoms with van der Waals surface area (Å²) in [6.07, 6.45) is 3.53. The molecule has 1 aromatic carbocycles. The maximum Gasteiger partial charge on any atom is 0.269 e. The van der Waals surface area contributed by atoms with Gasteiger partial charge in [0.05, 0.1) is 11.3 Å². The zero-order valence-electron chi connectivity index (χ0n) is 12.1. The van der Waals surface area contributed by atoms with Gasteiger partial charge in [0.2, 0.25) is 5.91 Å². The standard InChI is InChI=1S/C15H20N2O3S/c1-2-21-14-8-4-7-13(14)16-15(18)10-11-5-3-6-12(9-11)17(19)20/h3,5-6,9,13-14H,2,4,7-8,10H2,1H3,(H,16,18)/t13-,14-/m1/s1. The summed E-state index contributed by atoms with van der Waals surface area (Å²) in [4.78, 5) is 22.4. The van der Waals surface area contributed by atoms with Crippen molar-refractivity contribution >= 4 is 23.4 Å². The fourth-order valence-electron chi connectivity index (χ4n) is 2.73. The first-order valence-corrected chi connectivity index (χ1v) is 8.29. The minimum atomic E-state index is -0.438. The van der Waals surface area contributed by atoms with Crippen LogP contribution < -0.4 is 5.32 Å². The van der Waals surface area contributed by atoms with Crippen molar-refractivity contribution in [2.75, 3.05) is 5.75 Å². The molecule has 0 unspecified atom stereocenters. The van der Waals surface area contributed by atoms with Gasteiger partial charge in [0.25, 0.3) is 5.69 Å². The first-order valence-electron chi connectivity index (χ1n) is 7.24. The van der Waals surface area contributed by atoms with Crippen LogP contribution in [0.3, 0.4) is 0 Å². The van der Waals surface area contributed by atoms with Crippen LogP contribution in [0.1, 0.15) is 31.7 Å². The van der Waals surface area contributed by atoms with Gasteiger partial charge in [-0.3, -0.25) is 14.9 Å². The van der Waals surface area contributed by atoms with Crippen LogP contribution in [-0.2, 0) is 11.2 Å². The van der Waals surface area contributed by atoms with Crippen LogP contribution in [-0.4, -0.2) is 27.9 Å². The summed E-state index contributed by atoms with van der Waals surface area (Å²) >= 11 is 1.90. The molecular formula is C15H20N2O3S. The topological polar surface area (TPSA) is 72.2 Å². The first-order chi connectivity index (χ1) is 10.1. The van der Waals surface area contributed by atoms with E-state index in [1.54, 1.807) is 12.1 Å². The van der Waals surface area contributed by atoms with Gasteiger partial charge >= 0.3 is 0 Å². The highest BCUT2D eigenvalue weighted by Gasteiger charge is 2.28. The minimum Gasteiger partial charge on any atom is -0.352 e. The Morgan fingerprint density at radius 3 is 3.00 bits per heavy atom. The van der Waals surface area contributed by atoms with Crippen molar-refractivity contribution in [1.29, 1.82) is 0 Å². The van der Waals surface area contributed by atoms with E-state index < -0.39 is 4.92 Å². The number of carbonyl (C=O) groups excluding carboxylic acids is 1. The number of hydrogen-bond acceptors (Lipinski definition) is 4. The number of thioether (sulfide) groups is 1. The third-order valence-electron chi connectivity index (χ3n) is 3.67. The molecule has 114 valence electrons. The monoisotopic (exact) mass is 308 g/mol. The van der Waals surface area contributed by atoms with Crippen LogP contribution in [0.5, 0.6) is 0 Å². The fourth-order valence-corrected chi connectivity index (χ4v) is 3.93. The largest absolute Gasteiger partial charge is 0.352 e. The SMILES string of the molecule is CCS[C@@H]1CCC[C@H]1NC(=O)Cc1cccc([N+](=O)[O-])c1. The zero-order chi connectivity index (χ0) is 15.2. The molecule has 1 N–H and O–H groups in total. The number of nitro groups is 1. The summed E-state index contributed by atoms with van der Waals surface area (Å²) in [7, 11) is 0. The molecule has 2 atom stereocenters. The number of hydrogen-bond donors (Lipinski definition) is 1. The van der Waals surface area contributed by atoms with E-state index in [4.69, 9.17) is 0 Å². The van der Waals surface area contributed by atoms with Crippen LogP contribution in [0, 0.1) is 10.1 Å². The second-order valence-electron chi connectivity index (χ2n) is 5.20. The van der Waals surface area contributed by atoms with E-state index in [1.807, 2.05) is 11.8 Å². The molecule has 0 aliphatic heterocycles. The molecule has 0 heterocycles. The highest BCUT2D eigenvalue weighted by Crippen LogP contribution is 2.29. The molecule has 1 aromatic rings. The van der Waals surface area contributed by atoms with Gasteiger partial charge in [-0.15, -0.1) is 0 Å². The highest BCUT2D eigenvalue weighted by molar-refractivity contribution is 7.99. The molecule has 6 heteroatoms. The average Bonchev–Trinajstić information content (AvgIpc) is 2.86. The lowest BCUT2D eigenvalue weighted by Gasteiger charge is -2.20. The van der Waals surface area contributed by atoms with Gasteiger partial charge in [-0.25, -0.2) is 0 Å². The van der Waals surface area contributed by atoms with Crippen molar-refractivity contribution in [2.24, 2.45) is 0 Å². The van der Waals surface area contributed by atoms with Crippen molar-refractivity contribution in [2.45, 2.75) is 43.9 Å². The lowest BCUT2D eigenvalue weighted by Crippen LogP contribution is -2.39. The quantitative estimate of drug-likeness (QED) is 0.648. The number of non-ortho nitro benzene ring substituents is 1. The minimum absolute atomic E-state index is 0.0283. The number of benzene rings is 1. The Morgan fingerprint density at radius 1 is 1.48 bits per heavy atom. The summed E-state index contributed by atoms with van der Waals surface area (Å²) in [5.74, 6) is 1.01. The Hall–Kier alpha value is -1.56. The fraction of sp³-hybridized carbons (Fsp3) is 0.533. The predicted octanol–water partition coefficient (Wildman–Crippen LogP) is 2.93. The number of nitro benzene ring substituents is 1. The molecule has 2 rings (SSSR count). The molecular weight excluding hydrogens is 288 g/mol. The second-order valence-corrected chi connectivity index (χ2v) is 6.72. The number of amides is 1. The zero-order valence-corrected chi connectivity index (χ0v) is 12.9. The average molecular weight is 308 g/mol.